The molecule has 4 rings (SSSR count). The standard InChI is InChI=1S/C21H15Cl2N3O3S/c22-15-7-9-16(10-8-15)30(27,28)21-20(25-13-14-4-3-11-24-12-14)29-19(26-21)17-5-1-2-6-18(17)23/h1-12,25H,13H2. The Morgan fingerprint density at radius 3 is 2.43 bits per heavy atom. The van der Waals surface area contributed by atoms with E-state index in [1.165, 1.54) is 24.3 Å². The molecule has 9 heteroatoms. The van der Waals surface area contributed by atoms with Crippen LogP contribution in [0.25, 0.3) is 11.5 Å². The lowest BCUT2D eigenvalue weighted by molar-refractivity contribution is 0.576. The van der Waals surface area contributed by atoms with E-state index in [9.17, 15) is 8.42 Å². The third kappa shape index (κ3) is 4.18. The Morgan fingerprint density at radius 1 is 0.967 bits per heavy atom. The monoisotopic (exact) mass is 459 g/mol. The predicted molar refractivity (Wildman–Crippen MR) is 115 cm³/mol. The molecule has 0 radical (unpaired) electrons. The molecule has 0 amide bonds. The SMILES string of the molecule is O=S(=O)(c1ccc(Cl)cc1)c1nc(-c2ccccc2Cl)oc1NCc1cccnc1. The van der Waals surface area contributed by atoms with Crippen LogP contribution < -0.4 is 5.32 Å². The van der Waals surface area contributed by atoms with Crippen LogP contribution in [0.1, 0.15) is 5.56 Å². The fraction of sp³-hybridized carbons (Fsp3) is 0.0476. The van der Waals surface area contributed by atoms with E-state index in [4.69, 9.17) is 27.6 Å². The molecule has 6 nitrogen and oxygen atoms in total. The van der Waals surface area contributed by atoms with Crippen LogP contribution in [0.4, 0.5) is 5.88 Å². The molecule has 0 aliphatic heterocycles. The highest BCUT2D eigenvalue weighted by atomic mass is 35.5. The van der Waals surface area contributed by atoms with Crippen LogP contribution in [-0.4, -0.2) is 18.4 Å². The third-order valence-electron chi connectivity index (χ3n) is 4.25. The number of nitrogens with one attached hydrogen (secondary N) is 1. The first-order valence-electron chi connectivity index (χ1n) is 8.84. The van der Waals surface area contributed by atoms with Gasteiger partial charge in [0.25, 0.3) is 0 Å². The summed E-state index contributed by atoms with van der Waals surface area (Å²) in [5, 5.41) is 3.60. The number of halogens is 2. The molecule has 4 aromatic rings. The molecule has 0 aliphatic rings. The molecule has 2 aromatic carbocycles. The molecule has 1 N–H and O–H groups in total. The van der Waals surface area contributed by atoms with Crippen LogP contribution in [0.15, 0.2) is 87.4 Å². The fourth-order valence-corrected chi connectivity index (χ4v) is 4.38. The Hall–Kier alpha value is -2.87. The van der Waals surface area contributed by atoms with Crippen LogP contribution >= 0.6 is 23.2 Å². The number of sulfone groups is 1. The summed E-state index contributed by atoms with van der Waals surface area (Å²) in [4.78, 5) is 8.38. The normalized spacial score (nSPS) is 11.4. The number of rotatable bonds is 6. The summed E-state index contributed by atoms with van der Waals surface area (Å²) in [6, 6.07) is 16.4. The number of oxazole rings is 1. The second-order valence-electron chi connectivity index (χ2n) is 6.31. The van der Waals surface area contributed by atoms with E-state index in [1.807, 2.05) is 6.07 Å². The maximum absolute atomic E-state index is 13.3. The number of hydrogen-bond acceptors (Lipinski definition) is 6. The Kier molecular flexibility index (Phi) is 5.76. The van der Waals surface area contributed by atoms with Gasteiger partial charge in [-0.25, -0.2) is 8.42 Å². The summed E-state index contributed by atoms with van der Waals surface area (Å²) in [5.74, 6) is 0.116. The van der Waals surface area contributed by atoms with Gasteiger partial charge in [0.15, 0.2) is 0 Å². The number of nitrogens with zero attached hydrogens (tertiary/aromatic N) is 2. The smallest absolute Gasteiger partial charge is 0.234 e. The van der Waals surface area contributed by atoms with Crippen molar-refractivity contribution in [2.24, 2.45) is 0 Å². The minimum atomic E-state index is -3.98. The van der Waals surface area contributed by atoms with Crippen molar-refractivity contribution in [2.75, 3.05) is 5.32 Å². The zero-order valence-electron chi connectivity index (χ0n) is 15.4. The van der Waals surface area contributed by atoms with Gasteiger partial charge < -0.3 is 9.73 Å². The quantitative estimate of drug-likeness (QED) is 0.410. The molecule has 0 aliphatic carbocycles. The van der Waals surface area contributed by atoms with Crippen LogP contribution in [0.5, 0.6) is 0 Å². The number of benzene rings is 2. The molecule has 152 valence electrons. The van der Waals surface area contributed by atoms with Gasteiger partial charge in [-0.2, -0.15) is 4.98 Å². The first-order chi connectivity index (χ1) is 14.4. The summed E-state index contributed by atoms with van der Waals surface area (Å²) < 4.78 is 32.3. The topological polar surface area (TPSA) is 85.1 Å². The lowest BCUT2D eigenvalue weighted by atomic mass is 10.2. The van der Waals surface area contributed by atoms with Crippen molar-refractivity contribution in [3.8, 4) is 11.5 Å². The van der Waals surface area contributed by atoms with E-state index in [2.05, 4.69) is 15.3 Å². The van der Waals surface area contributed by atoms with Crippen LogP contribution in [0.3, 0.4) is 0 Å². The molecular weight excluding hydrogens is 445 g/mol. The molecule has 0 unspecified atom stereocenters. The van der Waals surface area contributed by atoms with Gasteiger partial charge in [0.05, 0.1) is 15.5 Å². The van der Waals surface area contributed by atoms with Crippen molar-refractivity contribution >= 4 is 38.9 Å². The predicted octanol–water partition coefficient (Wildman–Crippen LogP) is 5.49. The van der Waals surface area contributed by atoms with Crippen molar-refractivity contribution in [3.05, 3.63) is 88.7 Å². The summed E-state index contributed by atoms with van der Waals surface area (Å²) in [6.45, 7) is 0.300. The van der Waals surface area contributed by atoms with Crippen molar-refractivity contribution in [1.82, 2.24) is 9.97 Å². The maximum atomic E-state index is 13.3. The molecule has 0 atom stereocenters. The van der Waals surface area contributed by atoms with Gasteiger partial charge in [0, 0.05) is 24.0 Å². The molecule has 30 heavy (non-hydrogen) atoms. The Bertz CT molecular complexity index is 1270. The first kappa shape index (κ1) is 20.4. The minimum absolute atomic E-state index is 0.0173. The molecular formula is C21H15Cl2N3O3S. The molecule has 2 aromatic heterocycles. The molecule has 0 bridgehead atoms. The largest absolute Gasteiger partial charge is 0.419 e. The van der Waals surface area contributed by atoms with E-state index < -0.39 is 9.84 Å². The van der Waals surface area contributed by atoms with Crippen molar-refractivity contribution in [2.45, 2.75) is 16.5 Å². The Morgan fingerprint density at radius 2 is 1.73 bits per heavy atom. The van der Waals surface area contributed by atoms with Crippen molar-refractivity contribution < 1.29 is 12.8 Å². The van der Waals surface area contributed by atoms with E-state index in [0.717, 1.165) is 5.56 Å². The van der Waals surface area contributed by atoms with Gasteiger partial charge in [-0.3, -0.25) is 4.98 Å². The second-order valence-corrected chi connectivity index (χ2v) is 9.01. The summed E-state index contributed by atoms with van der Waals surface area (Å²) in [5.41, 5.74) is 1.34. The van der Waals surface area contributed by atoms with E-state index in [0.29, 0.717) is 22.2 Å². The van der Waals surface area contributed by atoms with Crippen LogP contribution in [-0.2, 0) is 16.4 Å². The average molecular weight is 460 g/mol. The van der Waals surface area contributed by atoms with Crippen LogP contribution in [0.2, 0.25) is 10.0 Å². The molecule has 2 heterocycles. The average Bonchev–Trinajstić information content (AvgIpc) is 3.18. The fourth-order valence-electron chi connectivity index (χ4n) is 2.76. The number of hydrogen-bond donors (Lipinski definition) is 1. The zero-order valence-corrected chi connectivity index (χ0v) is 17.7. The molecule has 0 fully saturated rings. The molecule has 0 spiro atoms. The van der Waals surface area contributed by atoms with Gasteiger partial charge in [-0.1, -0.05) is 41.4 Å². The van der Waals surface area contributed by atoms with Gasteiger partial charge in [-0.15, -0.1) is 0 Å². The van der Waals surface area contributed by atoms with Gasteiger partial charge in [0.1, 0.15) is 0 Å². The summed E-state index contributed by atoms with van der Waals surface area (Å²) >= 11 is 12.1. The van der Waals surface area contributed by atoms with E-state index in [-0.39, 0.29) is 21.7 Å². The summed E-state index contributed by atoms with van der Waals surface area (Å²) in [7, 11) is -3.98. The lowest BCUT2D eigenvalue weighted by Crippen LogP contribution is -2.07. The van der Waals surface area contributed by atoms with Crippen molar-refractivity contribution in [3.63, 3.8) is 0 Å². The number of aromatic nitrogens is 2. The zero-order chi connectivity index (χ0) is 21.1. The lowest BCUT2D eigenvalue weighted by Gasteiger charge is -2.06. The number of pyridine rings is 1. The first-order valence-corrected chi connectivity index (χ1v) is 11.1. The molecule has 0 saturated heterocycles. The van der Waals surface area contributed by atoms with E-state index >= 15 is 0 Å². The van der Waals surface area contributed by atoms with Gasteiger partial charge >= 0.3 is 0 Å². The highest BCUT2D eigenvalue weighted by Gasteiger charge is 2.29. The van der Waals surface area contributed by atoms with Crippen LogP contribution in [0, 0.1) is 0 Å². The van der Waals surface area contributed by atoms with Crippen molar-refractivity contribution in [1.29, 1.82) is 0 Å². The molecule has 0 saturated carbocycles. The second kappa shape index (κ2) is 8.47. The summed E-state index contributed by atoms with van der Waals surface area (Å²) in [6.07, 6.45) is 3.33. The number of anilines is 1. The van der Waals surface area contributed by atoms with Gasteiger partial charge in [-0.05, 0) is 48.0 Å². The van der Waals surface area contributed by atoms with Gasteiger partial charge in [0.2, 0.25) is 26.6 Å². The van der Waals surface area contributed by atoms with E-state index in [1.54, 1.807) is 42.7 Å². The Labute approximate surface area is 183 Å². The highest BCUT2D eigenvalue weighted by Crippen LogP contribution is 2.35. The highest BCUT2D eigenvalue weighted by molar-refractivity contribution is 7.91. The third-order valence-corrected chi connectivity index (χ3v) is 6.51. The minimum Gasteiger partial charge on any atom is -0.419 e. The Balaban J connectivity index is 1.79. The maximum Gasteiger partial charge on any atom is 0.234 e.